The third-order valence-electron chi connectivity index (χ3n) is 6.69. The van der Waals surface area contributed by atoms with Crippen molar-refractivity contribution < 1.29 is 9.18 Å². The van der Waals surface area contributed by atoms with Crippen molar-refractivity contribution in [3.8, 4) is 5.69 Å². The van der Waals surface area contributed by atoms with E-state index in [0.717, 1.165) is 34.0 Å². The fourth-order valence-electron chi connectivity index (χ4n) is 5.05. The summed E-state index contributed by atoms with van der Waals surface area (Å²) in [6.07, 6.45) is 2.04. The quantitative estimate of drug-likeness (QED) is 0.314. The van der Waals surface area contributed by atoms with Crippen LogP contribution in [-0.2, 0) is 4.79 Å². The van der Waals surface area contributed by atoms with Gasteiger partial charge in [-0.3, -0.25) is 9.78 Å². The number of carbonyl (C=O) groups excluding carboxylic acids is 1. The van der Waals surface area contributed by atoms with Gasteiger partial charge in [-0.1, -0.05) is 30.3 Å². The first kappa shape index (κ1) is 24.6. The van der Waals surface area contributed by atoms with Crippen LogP contribution in [0.5, 0.6) is 0 Å². The molecule has 1 fully saturated rings. The van der Waals surface area contributed by atoms with E-state index in [1.807, 2.05) is 68.4 Å². The molecule has 2 aromatic carbocycles. The fourth-order valence-corrected chi connectivity index (χ4v) is 5.38. The normalized spacial score (nSPS) is 17.1. The number of benzene rings is 2. The third kappa shape index (κ3) is 5.11. The maximum Gasteiger partial charge on any atom is 0.226 e. The highest BCUT2D eigenvalue weighted by Gasteiger charge is 2.41. The predicted molar refractivity (Wildman–Crippen MR) is 147 cm³/mol. The predicted octanol–water partition coefficient (Wildman–Crippen LogP) is 5.63. The third-order valence-corrected chi connectivity index (χ3v) is 7.04. The maximum atomic E-state index is 14.1. The lowest BCUT2D eigenvalue weighted by Gasteiger charge is -2.28. The van der Waals surface area contributed by atoms with Gasteiger partial charge in [-0.15, -0.1) is 0 Å². The molecule has 5 rings (SSSR count). The molecular formula is C29H28FN5OS. The van der Waals surface area contributed by atoms with E-state index in [9.17, 15) is 9.18 Å². The zero-order valence-electron chi connectivity index (χ0n) is 20.7. The zero-order valence-corrected chi connectivity index (χ0v) is 21.5. The van der Waals surface area contributed by atoms with E-state index in [2.05, 4.69) is 31.2 Å². The average molecular weight is 514 g/mol. The Bertz CT molecular complexity index is 1420. The Hall–Kier alpha value is -4.04. The lowest BCUT2D eigenvalue weighted by molar-refractivity contribution is -0.116. The van der Waals surface area contributed by atoms with E-state index in [-0.39, 0.29) is 30.2 Å². The summed E-state index contributed by atoms with van der Waals surface area (Å²) in [4.78, 5) is 19.4. The Morgan fingerprint density at radius 2 is 1.84 bits per heavy atom. The number of amides is 1. The van der Waals surface area contributed by atoms with Crippen LogP contribution in [-0.4, -0.2) is 32.0 Å². The Kier molecular flexibility index (Phi) is 7.01. The molecule has 2 aromatic heterocycles. The van der Waals surface area contributed by atoms with Crippen LogP contribution in [0.3, 0.4) is 0 Å². The van der Waals surface area contributed by atoms with Gasteiger partial charge >= 0.3 is 0 Å². The molecule has 0 aliphatic carbocycles. The van der Waals surface area contributed by atoms with Crippen LogP contribution < -0.4 is 10.6 Å². The van der Waals surface area contributed by atoms with Gasteiger partial charge < -0.3 is 20.1 Å². The van der Waals surface area contributed by atoms with Crippen molar-refractivity contribution in [1.82, 2.24) is 19.8 Å². The summed E-state index contributed by atoms with van der Waals surface area (Å²) in [5, 5.41) is 6.96. The van der Waals surface area contributed by atoms with Crippen LogP contribution >= 0.6 is 12.2 Å². The second kappa shape index (κ2) is 10.5. The second-order valence-electron chi connectivity index (χ2n) is 9.13. The molecule has 8 heteroatoms. The molecule has 0 saturated carbocycles. The average Bonchev–Trinajstić information content (AvgIpc) is 3.38. The Labute approximate surface area is 221 Å². The molecule has 2 N–H and O–H groups in total. The summed E-state index contributed by atoms with van der Waals surface area (Å²) < 4.78 is 16.1. The van der Waals surface area contributed by atoms with Crippen LogP contribution in [0.15, 0.2) is 85.1 Å². The van der Waals surface area contributed by atoms with Crippen LogP contribution in [0, 0.1) is 19.7 Å². The van der Waals surface area contributed by atoms with E-state index < -0.39 is 0 Å². The largest absolute Gasteiger partial charge is 0.352 e. The smallest absolute Gasteiger partial charge is 0.226 e. The van der Waals surface area contributed by atoms with Crippen molar-refractivity contribution in [2.75, 3.05) is 11.9 Å². The topological polar surface area (TPSA) is 62.2 Å². The summed E-state index contributed by atoms with van der Waals surface area (Å²) >= 11 is 5.77. The fraction of sp³-hybridized carbons (Fsp3) is 0.207. The molecule has 4 aromatic rings. The molecule has 1 saturated heterocycles. The van der Waals surface area contributed by atoms with Crippen molar-refractivity contribution in [3.63, 3.8) is 0 Å². The maximum absolute atomic E-state index is 14.1. The van der Waals surface area contributed by atoms with Gasteiger partial charge in [0.25, 0.3) is 0 Å². The number of hydrogen-bond donors (Lipinski definition) is 2. The van der Waals surface area contributed by atoms with Gasteiger partial charge in [0.15, 0.2) is 5.11 Å². The monoisotopic (exact) mass is 513 g/mol. The highest BCUT2D eigenvalue weighted by molar-refractivity contribution is 7.80. The van der Waals surface area contributed by atoms with Gasteiger partial charge in [0, 0.05) is 41.9 Å². The molecule has 0 radical (unpaired) electrons. The Morgan fingerprint density at radius 3 is 2.57 bits per heavy atom. The van der Waals surface area contributed by atoms with Gasteiger partial charge in [-0.2, -0.15) is 0 Å². The van der Waals surface area contributed by atoms with Crippen molar-refractivity contribution in [2.24, 2.45) is 0 Å². The summed E-state index contributed by atoms with van der Waals surface area (Å²) in [5.41, 5.74) is 5.40. The van der Waals surface area contributed by atoms with Gasteiger partial charge in [-0.25, -0.2) is 4.39 Å². The number of thiocarbonyl (C=S) groups is 1. The first-order valence-electron chi connectivity index (χ1n) is 12.2. The molecule has 3 heterocycles. The number of nitrogens with one attached hydrogen (secondary N) is 2. The SMILES string of the molecule is Cc1cc([C@@H]2[C@H](c3ccccn3)NC(=S)N2CCC(=O)Nc2ccccc2)c(C)n1-c1cccc(F)c1. The van der Waals surface area contributed by atoms with Gasteiger partial charge in [0.2, 0.25) is 5.91 Å². The van der Waals surface area contributed by atoms with Crippen LogP contribution in [0.25, 0.3) is 5.69 Å². The number of para-hydroxylation sites is 1. The molecule has 188 valence electrons. The van der Waals surface area contributed by atoms with E-state index in [1.165, 1.54) is 12.1 Å². The molecule has 1 aliphatic heterocycles. The molecule has 6 nitrogen and oxygen atoms in total. The summed E-state index contributed by atoms with van der Waals surface area (Å²) in [6.45, 7) is 4.47. The van der Waals surface area contributed by atoms with E-state index in [1.54, 1.807) is 12.3 Å². The number of hydrogen-bond acceptors (Lipinski definition) is 3. The van der Waals surface area contributed by atoms with Crippen LogP contribution in [0.1, 0.15) is 41.1 Å². The van der Waals surface area contributed by atoms with E-state index in [0.29, 0.717) is 11.7 Å². The van der Waals surface area contributed by atoms with Gasteiger partial charge in [0.05, 0.1) is 17.8 Å². The number of nitrogens with zero attached hydrogens (tertiary/aromatic N) is 3. The Morgan fingerprint density at radius 1 is 1.05 bits per heavy atom. The molecule has 0 bridgehead atoms. The standard InChI is InChI=1S/C29H28FN5OS/c1-19-17-24(20(2)35(19)23-12-8-9-21(30)18-23)28-27(25-13-6-7-15-31-25)33-29(37)34(28)16-14-26(36)32-22-10-4-3-5-11-22/h3-13,15,17-18,27-28H,14,16H2,1-2H3,(H,32,36)(H,33,37)/t27-,28+/m0/s1. The number of pyridine rings is 1. The van der Waals surface area contributed by atoms with Crippen molar-refractivity contribution >= 4 is 28.9 Å². The minimum absolute atomic E-state index is 0.0840. The van der Waals surface area contributed by atoms with Crippen molar-refractivity contribution in [2.45, 2.75) is 32.4 Å². The van der Waals surface area contributed by atoms with Crippen molar-refractivity contribution in [3.05, 3.63) is 114 Å². The molecule has 0 unspecified atom stereocenters. The van der Waals surface area contributed by atoms with E-state index >= 15 is 0 Å². The van der Waals surface area contributed by atoms with Crippen LogP contribution in [0.2, 0.25) is 0 Å². The molecule has 37 heavy (non-hydrogen) atoms. The lowest BCUT2D eigenvalue weighted by atomic mass is 9.96. The lowest BCUT2D eigenvalue weighted by Crippen LogP contribution is -2.32. The number of aryl methyl sites for hydroxylation is 1. The first-order chi connectivity index (χ1) is 17.9. The summed E-state index contributed by atoms with van der Waals surface area (Å²) in [6, 6.07) is 23.5. The number of rotatable bonds is 7. The zero-order chi connectivity index (χ0) is 25.9. The van der Waals surface area contributed by atoms with Crippen molar-refractivity contribution in [1.29, 1.82) is 0 Å². The number of halogens is 1. The molecule has 2 atom stereocenters. The number of anilines is 1. The molecule has 0 spiro atoms. The first-order valence-corrected chi connectivity index (χ1v) is 12.6. The molecular weight excluding hydrogens is 485 g/mol. The van der Waals surface area contributed by atoms with Gasteiger partial charge in [0.1, 0.15) is 5.82 Å². The van der Waals surface area contributed by atoms with Crippen LogP contribution in [0.4, 0.5) is 10.1 Å². The highest BCUT2D eigenvalue weighted by Crippen LogP contribution is 2.41. The minimum atomic E-state index is -0.285. The highest BCUT2D eigenvalue weighted by atomic mass is 32.1. The molecule has 1 amide bonds. The summed E-state index contributed by atoms with van der Waals surface area (Å²) in [5.74, 6) is -0.369. The summed E-state index contributed by atoms with van der Waals surface area (Å²) in [7, 11) is 0. The Balaban J connectivity index is 1.48. The van der Waals surface area contributed by atoms with E-state index in [4.69, 9.17) is 12.2 Å². The number of aromatic nitrogens is 2. The van der Waals surface area contributed by atoms with Gasteiger partial charge in [-0.05, 0) is 80.2 Å². The minimum Gasteiger partial charge on any atom is -0.352 e. The molecule has 1 aliphatic rings. The second-order valence-corrected chi connectivity index (χ2v) is 9.51. The number of carbonyl (C=O) groups is 1.